The number of anilines is 1. The molecule has 1 aliphatic rings. The van der Waals surface area contributed by atoms with Gasteiger partial charge < -0.3 is 15.2 Å². The van der Waals surface area contributed by atoms with Crippen molar-refractivity contribution in [2.24, 2.45) is 0 Å². The SMILES string of the molecule is Cc1cc(N(CCNC(=O)NC2CC2)S(C)(=O)=O)no1. The van der Waals surface area contributed by atoms with Crippen LogP contribution in [0.25, 0.3) is 0 Å². The molecule has 1 heterocycles. The summed E-state index contributed by atoms with van der Waals surface area (Å²) in [4.78, 5) is 11.4. The van der Waals surface area contributed by atoms with E-state index in [4.69, 9.17) is 4.52 Å². The lowest BCUT2D eigenvalue weighted by Gasteiger charge is -2.19. The van der Waals surface area contributed by atoms with Crippen molar-refractivity contribution in [2.45, 2.75) is 25.8 Å². The minimum Gasteiger partial charge on any atom is -0.360 e. The molecule has 0 aromatic carbocycles. The molecule has 2 rings (SSSR count). The van der Waals surface area contributed by atoms with Gasteiger partial charge in [-0.15, -0.1) is 0 Å². The third-order valence-electron chi connectivity index (χ3n) is 2.78. The lowest BCUT2D eigenvalue weighted by atomic mass is 10.5. The third kappa shape index (κ3) is 4.12. The molecule has 2 N–H and O–H groups in total. The summed E-state index contributed by atoms with van der Waals surface area (Å²) in [5.41, 5.74) is 0. The Morgan fingerprint density at radius 1 is 1.55 bits per heavy atom. The van der Waals surface area contributed by atoms with Crippen LogP contribution in [0.5, 0.6) is 0 Å². The molecule has 9 heteroatoms. The van der Waals surface area contributed by atoms with E-state index in [9.17, 15) is 13.2 Å². The Balaban J connectivity index is 1.89. The Labute approximate surface area is 117 Å². The van der Waals surface area contributed by atoms with E-state index >= 15 is 0 Å². The van der Waals surface area contributed by atoms with Crippen LogP contribution in [0.2, 0.25) is 0 Å². The number of rotatable bonds is 6. The van der Waals surface area contributed by atoms with E-state index in [-0.39, 0.29) is 31.0 Å². The zero-order chi connectivity index (χ0) is 14.8. The highest BCUT2D eigenvalue weighted by molar-refractivity contribution is 7.92. The molecule has 0 radical (unpaired) electrons. The molecule has 0 atom stereocenters. The highest BCUT2D eigenvalue weighted by atomic mass is 32.2. The molecule has 0 aliphatic heterocycles. The van der Waals surface area contributed by atoms with E-state index in [0.717, 1.165) is 23.4 Å². The molecular formula is C11H18N4O4S. The summed E-state index contributed by atoms with van der Waals surface area (Å²) in [7, 11) is -3.47. The van der Waals surface area contributed by atoms with E-state index in [0.29, 0.717) is 5.76 Å². The van der Waals surface area contributed by atoms with E-state index in [1.807, 2.05) is 0 Å². The van der Waals surface area contributed by atoms with Crippen LogP contribution in [0.4, 0.5) is 10.6 Å². The first-order valence-corrected chi connectivity index (χ1v) is 8.16. The second-order valence-electron chi connectivity index (χ2n) is 4.81. The number of hydrogen-bond donors (Lipinski definition) is 2. The predicted molar refractivity (Wildman–Crippen MR) is 73.0 cm³/mol. The van der Waals surface area contributed by atoms with Crippen LogP contribution in [0.1, 0.15) is 18.6 Å². The minimum absolute atomic E-state index is 0.100. The largest absolute Gasteiger partial charge is 0.360 e. The summed E-state index contributed by atoms with van der Waals surface area (Å²) < 4.78 is 29.4. The van der Waals surface area contributed by atoms with Gasteiger partial charge in [0.15, 0.2) is 5.82 Å². The number of amides is 2. The number of aryl methyl sites for hydroxylation is 1. The molecule has 1 aromatic rings. The Bertz CT molecular complexity index is 579. The van der Waals surface area contributed by atoms with Crippen molar-refractivity contribution in [1.82, 2.24) is 15.8 Å². The van der Waals surface area contributed by atoms with Crippen LogP contribution in [-0.4, -0.2) is 45.0 Å². The molecule has 1 fully saturated rings. The Hall–Kier alpha value is -1.77. The van der Waals surface area contributed by atoms with Crippen LogP contribution in [0, 0.1) is 6.92 Å². The van der Waals surface area contributed by atoms with Crippen molar-refractivity contribution in [1.29, 1.82) is 0 Å². The summed E-state index contributed by atoms with van der Waals surface area (Å²) in [6, 6.07) is 1.52. The van der Waals surface area contributed by atoms with Gasteiger partial charge in [-0.3, -0.25) is 0 Å². The van der Waals surface area contributed by atoms with Crippen molar-refractivity contribution >= 4 is 21.9 Å². The maximum absolute atomic E-state index is 11.7. The van der Waals surface area contributed by atoms with E-state index in [1.165, 1.54) is 6.07 Å². The Morgan fingerprint density at radius 2 is 2.25 bits per heavy atom. The second-order valence-corrected chi connectivity index (χ2v) is 6.71. The molecule has 2 amide bonds. The molecule has 112 valence electrons. The van der Waals surface area contributed by atoms with Crippen LogP contribution < -0.4 is 14.9 Å². The molecule has 0 unspecified atom stereocenters. The number of nitrogens with one attached hydrogen (secondary N) is 2. The first kappa shape index (κ1) is 14.6. The topological polar surface area (TPSA) is 105 Å². The van der Waals surface area contributed by atoms with Gasteiger partial charge in [-0.2, -0.15) is 0 Å². The smallest absolute Gasteiger partial charge is 0.315 e. The monoisotopic (exact) mass is 302 g/mol. The normalized spacial score (nSPS) is 14.9. The van der Waals surface area contributed by atoms with Gasteiger partial charge in [0.2, 0.25) is 10.0 Å². The first-order valence-electron chi connectivity index (χ1n) is 6.31. The lowest BCUT2D eigenvalue weighted by Crippen LogP contribution is -2.42. The summed E-state index contributed by atoms with van der Waals surface area (Å²) >= 11 is 0. The molecule has 0 saturated heterocycles. The molecule has 0 spiro atoms. The van der Waals surface area contributed by atoms with Gasteiger partial charge in [-0.25, -0.2) is 17.5 Å². The number of urea groups is 1. The molecule has 0 bridgehead atoms. The van der Waals surface area contributed by atoms with Crippen molar-refractivity contribution in [3.63, 3.8) is 0 Å². The number of carbonyl (C=O) groups is 1. The molecule has 1 saturated carbocycles. The minimum atomic E-state index is -3.47. The maximum atomic E-state index is 11.7. The van der Waals surface area contributed by atoms with Gasteiger partial charge in [-0.1, -0.05) is 5.16 Å². The summed E-state index contributed by atoms with van der Waals surface area (Å²) in [6.07, 6.45) is 3.09. The van der Waals surface area contributed by atoms with E-state index < -0.39 is 10.0 Å². The fraction of sp³-hybridized carbons (Fsp3) is 0.636. The Morgan fingerprint density at radius 3 is 2.75 bits per heavy atom. The molecule has 20 heavy (non-hydrogen) atoms. The third-order valence-corrected chi connectivity index (χ3v) is 3.95. The van der Waals surface area contributed by atoms with Crippen molar-refractivity contribution < 1.29 is 17.7 Å². The summed E-state index contributed by atoms with van der Waals surface area (Å²) in [5, 5.41) is 9.06. The van der Waals surface area contributed by atoms with Crippen molar-refractivity contribution in [2.75, 3.05) is 23.7 Å². The zero-order valence-corrected chi connectivity index (χ0v) is 12.2. The van der Waals surface area contributed by atoms with Gasteiger partial charge in [0.25, 0.3) is 0 Å². The number of carbonyl (C=O) groups excluding carboxylic acids is 1. The lowest BCUT2D eigenvalue weighted by molar-refractivity contribution is 0.241. The van der Waals surface area contributed by atoms with E-state index in [1.54, 1.807) is 6.92 Å². The molecular weight excluding hydrogens is 284 g/mol. The quantitative estimate of drug-likeness (QED) is 0.781. The van der Waals surface area contributed by atoms with Gasteiger partial charge >= 0.3 is 6.03 Å². The number of aromatic nitrogens is 1. The highest BCUT2D eigenvalue weighted by Gasteiger charge is 2.24. The number of sulfonamides is 1. The maximum Gasteiger partial charge on any atom is 0.315 e. The highest BCUT2D eigenvalue weighted by Crippen LogP contribution is 2.18. The molecule has 1 aliphatic carbocycles. The average Bonchev–Trinajstić information content (AvgIpc) is 3.03. The Kier molecular flexibility index (Phi) is 4.17. The van der Waals surface area contributed by atoms with E-state index in [2.05, 4.69) is 15.8 Å². The van der Waals surface area contributed by atoms with Crippen molar-refractivity contribution in [3.8, 4) is 0 Å². The van der Waals surface area contributed by atoms with Crippen LogP contribution in [0.3, 0.4) is 0 Å². The standard InChI is InChI=1S/C11H18N4O4S/c1-8-7-10(14-19-8)15(20(2,17)18)6-5-12-11(16)13-9-3-4-9/h7,9H,3-6H2,1-2H3,(H2,12,13,16). The van der Waals surface area contributed by atoms with Crippen LogP contribution >= 0.6 is 0 Å². The van der Waals surface area contributed by atoms with Gasteiger partial charge in [-0.05, 0) is 19.8 Å². The second kappa shape index (κ2) is 5.70. The first-order chi connectivity index (χ1) is 9.36. The van der Waals surface area contributed by atoms with Crippen LogP contribution in [0.15, 0.2) is 10.6 Å². The fourth-order valence-electron chi connectivity index (χ4n) is 1.66. The van der Waals surface area contributed by atoms with Crippen molar-refractivity contribution in [3.05, 3.63) is 11.8 Å². The average molecular weight is 302 g/mol. The van der Waals surface area contributed by atoms with Crippen LogP contribution in [-0.2, 0) is 10.0 Å². The van der Waals surface area contributed by atoms with Gasteiger partial charge in [0.05, 0.1) is 12.8 Å². The molecule has 1 aromatic heterocycles. The fourth-order valence-corrected chi connectivity index (χ4v) is 2.50. The number of nitrogens with zero attached hydrogens (tertiary/aromatic N) is 2. The predicted octanol–water partition coefficient (Wildman–Crippen LogP) is 0.211. The number of hydrogen-bond acceptors (Lipinski definition) is 5. The molecule has 8 nitrogen and oxygen atoms in total. The summed E-state index contributed by atoms with van der Waals surface area (Å²) in [5.74, 6) is 0.738. The summed E-state index contributed by atoms with van der Waals surface area (Å²) in [6.45, 7) is 1.97. The van der Waals surface area contributed by atoms with Gasteiger partial charge in [0, 0.05) is 18.7 Å². The van der Waals surface area contributed by atoms with Gasteiger partial charge in [0.1, 0.15) is 5.76 Å². The zero-order valence-electron chi connectivity index (χ0n) is 11.4.